The van der Waals surface area contributed by atoms with Crippen LogP contribution in [-0.4, -0.2) is 25.8 Å². The third kappa shape index (κ3) is 4.41. The third-order valence-electron chi connectivity index (χ3n) is 4.72. The van der Waals surface area contributed by atoms with Gasteiger partial charge in [-0.15, -0.1) is 0 Å². The van der Waals surface area contributed by atoms with Crippen molar-refractivity contribution < 1.29 is 18.3 Å². The highest BCUT2D eigenvalue weighted by Crippen LogP contribution is 2.29. The maximum atomic E-state index is 13.8. The first-order valence-corrected chi connectivity index (χ1v) is 9.55. The Morgan fingerprint density at radius 3 is 2.56 bits per heavy atom. The van der Waals surface area contributed by atoms with Gasteiger partial charge in [-0.1, -0.05) is 6.07 Å². The minimum absolute atomic E-state index is 0.110. The minimum atomic E-state index is -0.571. The molecular weight excluding hydrogens is 416 g/mol. The van der Waals surface area contributed by atoms with E-state index in [2.05, 4.69) is 25.3 Å². The fourth-order valence-electron chi connectivity index (χ4n) is 2.94. The van der Waals surface area contributed by atoms with Gasteiger partial charge in [0.15, 0.2) is 11.6 Å². The molecule has 1 aromatic carbocycles. The highest BCUT2D eigenvalue weighted by Gasteiger charge is 2.14. The number of carbonyl (C=O) groups is 1. The Balaban J connectivity index is 1.54. The van der Waals surface area contributed by atoms with Gasteiger partial charge in [-0.25, -0.2) is 18.7 Å². The van der Waals surface area contributed by atoms with Gasteiger partial charge < -0.3 is 10.1 Å². The van der Waals surface area contributed by atoms with Crippen LogP contribution in [0, 0.1) is 25.5 Å². The molecule has 32 heavy (non-hydrogen) atoms. The molecule has 9 heteroatoms. The summed E-state index contributed by atoms with van der Waals surface area (Å²) in [6.45, 7) is 3.38. The Morgan fingerprint density at radius 1 is 0.969 bits per heavy atom. The number of halogens is 2. The molecule has 0 aliphatic carbocycles. The van der Waals surface area contributed by atoms with Crippen LogP contribution >= 0.6 is 0 Å². The quantitative estimate of drug-likeness (QED) is 0.483. The number of anilines is 1. The second kappa shape index (κ2) is 8.84. The van der Waals surface area contributed by atoms with Crippen molar-refractivity contribution in [3.8, 4) is 22.9 Å². The Labute approximate surface area is 182 Å². The van der Waals surface area contributed by atoms with Crippen LogP contribution in [0.5, 0.6) is 11.6 Å². The second-order valence-corrected chi connectivity index (χ2v) is 6.90. The van der Waals surface area contributed by atoms with Gasteiger partial charge in [-0.05, 0) is 43.7 Å². The number of hydrogen-bond acceptors (Lipinski definition) is 6. The summed E-state index contributed by atoms with van der Waals surface area (Å²) < 4.78 is 33.0. The molecular formula is C23H17F2N5O2. The lowest BCUT2D eigenvalue weighted by Gasteiger charge is -2.11. The van der Waals surface area contributed by atoms with Crippen LogP contribution < -0.4 is 10.1 Å². The first-order chi connectivity index (χ1) is 15.4. The van der Waals surface area contributed by atoms with Crippen LogP contribution in [0.2, 0.25) is 0 Å². The summed E-state index contributed by atoms with van der Waals surface area (Å²) in [6.07, 6.45) is 6.64. The van der Waals surface area contributed by atoms with Crippen LogP contribution in [0.15, 0.2) is 61.3 Å². The molecule has 4 aromatic rings. The Kier molecular flexibility index (Phi) is 5.80. The van der Waals surface area contributed by atoms with Crippen LogP contribution in [0.25, 0.3) is 11.3 Å². The predicted octanol–water partition coefficient (Wildman–Crippen LogP) is 4.87. The number of benzene rings is 1. The molecule has 1 N–H and O–H groups in total. The maximum absolute atomic E-state index is 13.8. The number of carbonyl (C=O) groups excluding carboxylic acids is 1. The molecule has 3 heterocycles. The van der Waals surface area contributed by atoms with Crippen molar-refractivity contribution in [1.29, 1.82) is 0 Å². The predicted molar refractivity (Wildman–Crippen MR) is 113 cm³/mol. The van der Waals surface area contributed by atoms with E-state index >= 15 is 0 Å². The van der Waals surface area contributed by atoms with Crippen LogP contribution in [-0.2, 0) is 0 Å². The number of ether oxygens (including phenoxy) is 1. The lowest BCUT2D eigenvalue weighted by Crippen LogP contribution is -2.15. The zero-order valence-electron chi connectivity index (χ0n) is 17.1. The van der Waals surface area contributed by atoms with Crippen molar-refractivity contribution in [2.45, 2.75) is 13.8 Å². The van der Waals surface area contributed by atoms with Gasteiger partial charge in [0.2, 0.25) is 0 Å². The van der Waals surface area contributed by atoms with Gasteiger partial charge in [-0.2, -0.15) is 0 Å². The number of nitrogens with zero attached hydrogens (tertiary/aromatic N) is 4. The highest BCUT2D eigenvalue weighted by atomic mass is 19.1. The number of aryl methyl sites for hydroxylation is 1. The summed E-state index contributed by atoms with van der Waals surface area (Å²) in [5.74, 6) is -1.23. The lowest BCUT2D eigenvalue weighted by molar-refractivity contribution is 0.102. The van der Waals surface area contributed by atoms with Crippen molar-refractivity contribution in [2.75, 3.05) is 5.32 Å². The van der Waals surface area contributed by atoms with Crippen molar-refractivity contribution in [3.05, 3.63) is 89.6 Å². The Bertz CT molecular complexity index is 1300. The zero-order chi connectivity index (χ0) is 22.7. The first-order valence-electron chi connectivity index (χ1n) is 9.55. The van der Waals surface area contributed by atoms with E-state index in [1.54, 1.807) is 12.1 Å². The van der Waals surface area contributed by atoms with Gasteiger partial charge in [0.1, 0.15) is 11.6 Å². The van der Waals surface area contributed by atoms with Gasteiger partial charge in [-0.3, -0.25) is 14.8 Å². The van der Waals surface area contributed by atoms with E-state index in [-0.39, 0.29) is 22.8 Å². The molecule has 160 valence electrons. The number of nitrogens with one attached hydrogen (secondary N) is 1. The lowest BCUT2D eigenvalue weighted by atomic mass is 10.1. The summed E-state index contributed by atoms with van der Waals surface area (Å²) in [5.41, 5.74) is 2.44. The van der Waals surface area contributed by atoms with E-state index in [0.29, 0.717) is 11.4 Å². The maximum Gasteiger partial charge on any atom is 0.258 e. The number of pyridine rings is 2. The summed E-state index contributed by atoms with van der Waals surface area (Å²) in [6, 6.07) is 7.95. The molecule has 7 nitrogen and oxygen atoms in total. The van der Waals surface area contributed by atoms with E-state index < -0.39 is 17.5 Å². The topological polar surface area (TPSA) is 89.9 Å². The van der Waals surface area contributed by atoms with Crippen LogP contribution in [0.1, 0.15) is 21.5 Å². The summed E-state index contributed by atoms with van der Waals surface area (Å²) in [7, 11) is 0. The largest absolute Gasteiger partial charge is 0.436 e. The van der Waals surface area contributed by atoms with Gasteiger partial charge in [0.05, 0.1) is 29.8 Å². The molecule has 0 fully saturated rings. The van der Waals surface area contributed by atoms with Crippen molar-refractivity contribution in [3.63, 3.8) is 0 Å². The van der Waals surface area contributed by atoms with Gasteiger partial charge >= 0.3 is 0 Å². The highest BCUT2D eigenvalue weighted by molar-refractivity contribution is 6.04. The SMILES string of the molecule is Cc1ccc(Oc2ncccc2F)cc1-c1cnc(NC(=O)c2cncc(F)c2C)cn1. The zero-order valence-corrected chi connectivity index (χ0v) is 17.1. The Morgan fingerprint density at radius 2 is 1.81 bits per heavy atom. The first kappa shape index (κ1) is 21.0. The number of aromatic nitrogens is 4. The normalized spacial score (nSPS) is 10.6. The molecule has 0 bridgehead atoms. The molecule has 0 aliphatic heterocycles. The minimum Gasteiger partial charge on any atom is -0.436 e. The monoisotopic (exact) mass is 433 g/mol. The molecule has 0 spiro atoms. The fraction of sp³-hybridized carbons (Fsp3) is 0.0870. The number of amides is 1. The van der Waals surface area contributed by atoms with Crippen molar-refractivity contribution >= 4 is 11.7 Å². The van der Waals surface area contributed by atoms with Crippen LogP contribution in [0.3, 0.4) is 0 Å². The molecule has 0 radical (unpaired) electrons. The molecule has 0 saturated heterocycles. The number of hydrogen-bond donors (Lipinski definition) is 1. The van der Waals surface area contributed by atoms with E-state index in [4.69, 9.17) is 4.74 Å². The number of rotatable bonds is 5. The van der Waals surface area contributed by atoms with E-state index in [0.717, 1.165) is 17.3 Å². The summed E-state index contributed by atoms with van der Waals surface area (Å²) in [4.78, 5) is 28.6. The van der Waals surface area contributed by atoms with Gasteiger partial charge in [0, 0.05) is 23.5 Å². The average molecular weight is 433 g/mol. The smallest absolute Gasteiger partial charge is 0.258 e. The molecule has 0 saturated carbocycles. The molecule has 1 amide bonds. The standard InChI is InChI=1S/C23H17F2N5O2/c1-13-5-6-15(32-23-18(24)4-3-7-27-23)8-16(13)20-11-29-21(12-28-20)30-22(31)17-9-26-10-19(25)14(17)2/h3-12H,1-2H3,(H,29,30,31). The Hall–Kier alpha value is -4.27. The average Bonchev–Trinajstić information content (AvgIpc) is 2.79. The molecule has 0 aliphatic rings. The summed E-state index contributed by atoms with van der Waals surface area (Å²) in [5, 5.41) is 2.58. The van der Waals surface area contributed by atoms with Crippen molar-refractivity contribution in [1.82, 2.24) is 19.9 Å². The van der Waals surface area contributed by atoms with Crippen molar-refractivity contribution in [2.24, 2.45) is 0 Å². The summed E-state index contributed by atoms with van der Waals surface area (Å²) >= 11 is 0. The van der Waals surface area contributed by atoms with Gasteiger partial charge in [0.25, 0.3) is 11.8 Å². The molecule has 3 aromatic heterocycles. The van der Waals surface area contributed by atoms with E-state index in [1.165, 1.54) is 43.8 Å². The van der Waals surface area contributed by atoms with E-state index in [1.807, 2.05) is 13.0 Å². The molecule has 0 atom stereocenters. The van der Waals surface area contributed by atoms with Crippen LogP contribution in [0.4, 0.5) is 14.6 Å². The van der Waals surface area contributed by atoms with E-state index in [9.17, 15) is 13.6 Å². The second-order valence-electron chi connectivity index (χ2n) is 6.90. The molecule has 4 rings (SSSR count). The third-order valence-corrected chi connectivity index (χ3v) is 4.72. The molecule has 0 unspecified atom stereocenters. The fourth-order valence-corrected chi connectivity index (χ4v) is 2.94.